The molecule has 0 aliphatic rings. The van der Waals surface area contributed by atoms with Gasteiger partial charge in [-0.3, -0.25) is 4.79 Å². The molecule has 0 fully saturated rings. The van der Waals surface area contributed by atoms with Crippen molar-refractivity contribution in [3.8, 4) is 0 Å². The van der Waals surface area contributed by atoms with Gasteiger partial charge >= 0.3 is 20.0 Å². The SMILES string of the molecule is CCOC(=O)CC(O[P+](=O)COC)C(=O)OCC. The van der Waals surface area contributed by atoms with E-state index in [2.05, 4.69) is 9.47 Å². The van der Waals surface area contributed by atoms with E-state index < -0.39 is 26.1 Å². The van der Waals surface area contributed by atoms with Crippen LogP contribution in [0.15, 0.2) is 0 Å². The van der Waals surface area contributed by atoms with Crippen molar-refractivity contribution in [2.45, 2.75) is 26.4 Å². The largest absolute Gasteiger partial charge is 0.537 e. The van der Waals surface area contributed by atoms with Crippen LogP contribution in [0.3, 0.4) is 0 Å². The van der Waals surface area contributed by atoms with Crippen molar-refractivity contribution >= 4 is 20.0 Å². The minimum Gasteiger partial charge on any atom is -0.466 e. The highest BCUT2D eigenvalue weighted by Gasteiger charge is 2.34. The zero-order chi connectivity index (χ0) is 14.0. The first kappa shape index (κ1) is 17.0. The fourth-order valence-corrected chi connectivity index (χ4v) is 1.76. The van der Waals surface area contributed by atoms with E-state index in [1.54, 1.807) is 13.8 Å². The second-order valence-corrected chi connectivity index (χ2v) is 4.24. The van der Waals surface area contributed by atoms with Gasteiger partial charge in [-0.25, -0.2) is 4.79 Å². The summed E-state index contributed by atoms with van der Waals surface area (Å²) in [5.41, 5.74) is 0. The van der Waals surface area contributed by atoms with Crippen LogP contribution in [-0.2, 0) is 32.9 Å². The van der Waals surface area contributed by atoms with Gasteiger partial charge in [0.25, 0.3) is 6.35 Å². The smallest absolute Gasteiger partial charge is 0.466 e. The predicted octanol–water partition coefficient (Wildman–Crippen LogP) is 1.23. The molecule has 0 bridgehead atoms. The van der Waals surface area contributed by atoms with Gasteiger partial charge in [-0.15, -0.1) is 4.52 Å². The molecule has 0 rings (SSSR count). The maximum atomic E-state index is 11.5. The number of carbonyl (C=O) groups excluding carboxylic acids is 2. The van der Waals surface area contributed by atoms with Crippen molar-refractivity contribution < 1.29 is 32.9 Å². The molecule has 0 aromatic heterocycles. The molecule has 104 valence electrons. The zero-order valence-corrected chi connectivity index (χ0v) is 11.6. The Morgan fingerprint density at radius 3 is 2.28 bits per heavy atom. The average molecular weight is 281 g/mol. The van der Waals surface area contributed by atoms with E-state index in [1.807, 2.05) is 0 Å². The molecule has 0 aliphatic carbocycles. The molecule has 7 nitrogen and oxygen atoms in total. The summed E-state index contributed by atoms with van der Waals surface area (Å²) in [6.45, 7) is 3.60. The third kappa shape index (κ3) is 7.32. The van der Waals surface area contributed by atoms with Crippen LogP contribution in [0.25, 0.3) is 0 Å². The van der Waals surface area contributed by atoms with Crippen LogP contribution in [0.5, 0.6) is 0 Å². The first-order chi connectivity index (χ1) is 8.54. The van der Waals surface area contributed by atoms with Crippen molar-refractivity contribution in [1.82, 2.24) is 0 Å². The van der Waals surface area contributed by atoms with Gasteiger partial charge in [0.2, 0.25) is 6.10 Å². The maximum absolute atomic E-state index is 11.5. The molecule has 0 aromatic rings. The lowest BCUT2D eigenvalue weighted by Crippen LogP contribution is -2.28. The van der Waals surface area contributed by atoms with Crippen molar-refractivity contribution in [2.24, 2.45) is 0 Å². The van der Waals surface area contributed by atoms with Crippen molar-refractivity contribution in [3.63, 3.8) is 0 Å². The van der Waals surface area contributed by atoms with Crippen LogP contribution < -0.4 is 0 Å². The first-order valence-corrected chi connectivity index (χ1v) is 6.84. The molecular formula is C10H18O7P+. The molecule has 0 aromatic carbocycles. The number of rotatable bonds is 9. The van der Waals surface area contributed by atoms with Gasteiger partial charge in [0, 0.05) is 7.11 Å². The third-order valence-corrected chi connectivity index (χ3v) is 2.64. The number of hydrogen-bond acceptors (Lipinski definition) is 7. The van der Waals surface area contributed by atoms with Gasteiger partial charge in [0.05, 0.1) is 19.6 Å². The van der Waals surface area contributed by atoms with Gasteiger partial charge in [0.1, 0.15) is 0 Å². The highest BCUT2D eigenvalue weighted by Crippen LogP contribution is 2.26. The van der Waals surface area contributed by atoms with E-state index >= 15 is 0 Å². The molecule has 18 heavy (non-hydrogen) atoms. The maximum Gasteiger partial charge on any atom is 0.537 e. The summed E-state index contributed by atoms with van der Waals surface area (Å²) in [4.78, 5) is 22.8. The number of ether oxygens (including phenoxy) is 3. The molecular weight excluding hydrogens is 263 g/mol. The molecule has 0 saturated carbocycles. The number of hydrogen-bond donors (Lipinski definition) is 0. The monoisotopic (exact) mass is 281 g/mol. The van der Waals surface area contributed by atoms with E-state index in [-0.39, 0.29) is 26.0 Å². The molecule has 2 unspecified atom stereocenters. The molecule has 0 aliphatic heterocycles. The molecule has 0 amide bonds. The van der Waals surface area contributed by atoms with Gasteiger partial charge < -0.3 is 14.2 Å². The Balaban J connectivity index is 4.46. The fraction of sp³-hybridized carbons (Fsp3) is 0.800. The fourth-order valence-electron chi connectivity index (χ4n) is 1.05. The molecule has 2 atom stereocenters. The van der Waals surface area contributed by atoms with Crippen LogP contribution in [0, 0.1) is 0 Å². The minimum atomic E-state index is -2.18. The summed E-state index contributed by atoms with van der Waals surface area (Å²) in [7, 11) is -0.835. The quantitative estimate of drug-likeness (QED) is 0.464. The second kappa shape index (κ2) is 9.94. The topological polar surface area (TPSA) is 88.1 Å². The highest BCUT2D eigenvalue weighted by molar-refractivity contribution is 7.38. The lowest BCUT2D eigenvalue weighted by atomic mass is 10.2. The van der Waals surface area contributed by atoms with Crippen LogP contribution in [0.2, 0.25) is 0 Å². The summed E-state index contributed by atoms with van der Waals surface area (Å²) < 4.78 is 30.3. The van der Waals surface area contributed by atoms with E-state index in [0.717, 1.165) is 0 Å². The Labute approximate surface area is 107 Å². The summed E-state index contributed by atoms with van der Waals surface area (Å²) >= 11 is 0. The van der Waals surface area contributed by atoms with E-state index in [9.17, 15) is 14.2 Å². The molecule has 0 radical (unpaired) electrons. The molecule has 0 heterocycles. The van der Waals surface area contributed by atoms with Crippen molar-refractivity contribution in [3.05, 3.63) is 0 Å². The van der Waals surface area contributed by atoms with Crippen LogP contribution >= 0.6 is 8.03 Å². The number of methoxy groups -OCH3 is 1. The molecule has 0 saturated heterocycles. The van der Waals surface area contributed by atoms with E-state index in [1.165, 1.54) is 7.11 Å². The van der Waals surface area contributed by atoms with Crippen LogP contribution in [0.1, 0.15) is 20.3 Å². The Hall–Kier alpha value is -1.04. The Morgan fingerprint density at radius 2 is 1.78 bits per heavy atom. The van der Waals surface area contributed by atoms with Crippen molar-refractivity contribution in [1.29, 1.82) is 0 Å². The lowest BCUT2D eigenvalue weighted by molar-refractivity contribution is -0.157. The highest BCUT2D eigenvalue weighted by atomic mass is 31.1. The molecule has 0 N–H and O–H groups in total. The van der Waals surface area contributed by atoms with Crippen LogP contribution in [0.4, 0.5) is 0 Å². The summed E-state index contributed by atoms with van der Waals surface area (Å²) in [6.07, 6.45) is -1.73. The molecule has 8 heteroatoms. The summed E-state index contributed by atoms with van der Waals surface area (Å²) in [6, 6.07) is 0. The minimum absolute atomic E-state index is 0.141. The van der Waals surface area contributed by atoms with E-state index in [0.29, 0.717) is 0 Å². The van der Waals surface area contributed by atoms with Crippen molar-refractivity contribution in [2.75, 3.05) is 26.7 Å². The standard InChI is InChI=1S/C10H18O7P/c1-4-15-9(11)6-8(10(12)16-5-2)17-18(13)7-14-3/h8H,4-7H2,1-3H3/q+1. The summed E-state index contributed by atoms with van der Waals surface area (Å²) in [5.74, 6) is -1.36. The normalized spacial score (nSPS) is 12.7. The second-order valence-electron chi connectivity index (χ2n) is 3.11. The Kier molecular flexibility index (Phi) is 9.36. The van der Waals surface area contributed by atoms with Gasteiger partial charge in [-0.05, 0) is 18.4 Å². The Bertz CT molecular complexity index is 272. The number of esters is 2. The lowest BCUT2D eigenvalue weighted by Gasteiger charge is -2.09. The average Bonchev–Trinajstić information content (AvgIpc) is 2.29. The first-order valence-electron chi connectivity index (χ1n) is 5.47. The van der Waals surface area contributed by atoms with Crippen LogP contribution in [-0.4, -0.2) is 44.7 Å². The zero-order valence-electron chi connectivity index (χ0n) is 10.7. The summed E-state index contributed by atoms with van der Waals surface area (Å²) in [5, 5.41) is 0. The van der Waals surface area contributed by atoms with Gasteiger partial charge in [0.15, 0.2) is 0 Å². The third-order valence-electron chi connectivity index (χ3n) is 1.69. The van der Waals surface area contributed by atoms with Gasteiger partial charge in [-0.2, -0.15) is 0 Å². The Morgan fingerprint density at radius 1 is 1.17 bits per heavy atom. The van der Waals surface area contributed by atoms with E-state index in [4.69, 9.17) is 9.26 Å². The van der Waals surface area contributed by atoms with Gasteiger partial charge in [-0.1, -0.05) is 0 Å². The predicted molar refractivity (Wildman–Crippen MR) is 62.2 cm³/mol. The number of carbonyl (C=O) groups is 2. The molecule has 0 spiro atoms.